The number of halogens is 2. The lowest BCUT2D eigenvalue weighted by Gasteiger charge is -1.98. The molecule has 0 spiro atoms. The van der Waals surface area contributed by atoms with E-state index in [1.807, 2.05) is 0 Å². The van der Waals surface area contributed by atoms with Crippen LogP contribution in [0.15, 0.2) is 12.1 Å². The zero-order valence-corrected chi connectivity index (χ0v) is 6.10. The molecule has 0 bridgehead atoms. The maximum atomic E-state index is 12.4. The number of aldehydes is 1. The third kappa shape index (κ3) is 1.49. The van der Waals surface area contributed by atoms with Crippen LogP contribution >= 0.6 is 11.6 Å². The zero-order valence-electron chi connectivity index (χ0n) is 5.34. The normalized spacial score (nSPS) is 9.64. The van der Waals surface area contributed by atoms with Gasteiger partial charge in [0.1, 0.15) is 11.6 Å². The van der Waals surface area contributed by atoms with Crippen LogP contribution in [0.5, 0.6) is 5.75 Å². The summed E-state index contributed by atoms with van der Waals surface area (Å²) in [5.41, 5.74) is -0.0898. The van der Waals surface area contributed by atoms with Crippen LogP contribution in [0.2, 0.25) is 5.02 Å². The van der Waals surface area contributed by atoms with Crippen LogP contribution in [0.25, 0.3) is 0 Å². The summed E-state index contributed by atoms with van der Waals surface area (Å²) in [5.74, 6) is -1.11. The number of rotatable bonds is 1. The molecule has 0 saturated carbocycles. The lowest BCUT2D eigenvalue weighted by molar-refractivity contribution is 0.112. The van der Waals surface area contributed by atoms with E-state index in [9.17, 15) is 9.18 Å². The van der Waals surface area contributed by atoms with E-state index in [0.717, 1.165) is 12.1 Å². The van der Waals surface area contributed by atoms with Crippen molar-refractivity contribution in [3.05, 3.63) is 28.5 Å². The Morgan fingerprint density at radius 1 is 1.55 bits per heavy atom. The Labute approximate surface area is 67.2 Å². The zero-order chi connectivity index (χ0) is 8.43. The number of phenolic OH excluding ortho intramolecular Hbond substituents is 1. The van der Waals surface area contributed by atoms with Gasteiger partial charge in [-0.05, 0) is 6.07 Å². The minimum absolute atomic E-state index is 0.0856. The SMILES string of the molecule is O=Cc1c(O)cc(F)cc1Cl. The van der Waals surface area contributed by atoms with Crippen molar-refractivity contribution < 1.29 is 14.3 Å². The van der Waals surface area contributed by atoms with Crippen molar-refractivity contribution in [2.75, 3.05) is 0 Å². The van der Waals surface area contributed by atoms with Gasteiger partial charge in [0.05, 0.1) is 10.6 Å². The summed E-state index contributed by atoms with van der Waals surface area (Å²) >= 11 is 5.40. The Kier molecular flexibility index (Phi) is 2.10. The number of carbonyl (C=O) groups excluding carboxylic acids is 1. The molecule has 2 nitrogen and oxygen atoms in total. The first-order valence-corrected chi connectivity index (χ1v) is 3.16. The van der Waals surface area contributed by atoms with Crippen molar-refractivity contribution in [2.45, 2.75) is 0 Å². The quantitative estimate of drug-likeness (QED) is 0.662. The van der Waals surface area contributed by atoms with Crippen molar-refractivity contribution in [1.29, 1.82) is 0 Å². The summed E-state index contributed by atoms with van der Waals surface area (Å²) in [6.45, 7) is 0. The first kappa shape index (κ1) is 8.01. The van der Waals surface area contributed by atoms with Crippen molar-refractivity contribution in [2.24, 2.45) is 0 Å². The predicted octanol–water partition coefficient (Wildman–Crippen LogP) is 2.00. The molecule has 0 atom stereocenters. The van der Waals surface area contributed by atoms with E-state index in [-0.39, 0.29) is 10.6 Å². The summed E-state index contributed by atoms with van der Waals surface area (Å²) in [6, 6.07) is 1.79. The van der Waals surface area contributed by atoms with Gasteiger partial charge in [-0.3, -0.25) is 4.79 Å². The number of hydrogen-bond acceptors (Lipinski definition) is 2. The summed E-state index contributed by atoms with van der Waals surface area (Å²) in [7, 11) is 0. The second-order valence-electron chi connectivity index (χ2n) is 1.94. The highest BCUT2D eigenvalue weighted by Gasteiger charge is 2.06. The molecule has 0 saturated heterocycles. The molecule has 1 aromatic rings. The van der Waals surface area contributed by atoms with Gasteiger partial charge in [0, 0.05) is 6.07 Å². The molecule has 1 rings (SSSR count). The van der Waals surface area contributed by atoms with E-state index in [4.69, 9.17) is 16.7 Å². The van der Waals surface area contributed by atoms with Crippen LogP contribution < -0.4 is 0 Å². The number of carbonyl (C=O) groups is 1. The van der Waals surface area contributed by atoms with E-state index >= 15 is 0 Å². The van der Waals surface area contributed by atoms with Crippen molar-refractivity contribution in [3.8, 4) is 5.75 Å². The van der Waals surface area contributed by atoms with Crippen molar-refractivity contribution in [3.63, 3.8) is 0 Å². The van der Waals surface area contributed by atoms with Gasteiger partial charge < -0.3 is 5.11 Å². The number of phenols is 1. The Morgan fingerprint density at radius 3 is 2.64 bits per heavy atom. The summed E-state index contributed by atoms with van der Waals surface area (Å²) in [5, 5.41) is 8.83. The molecule has 0 unspecified atom stereocenters. The van der Waals surface area contributed by atoms with E-state index in [2.05, 4.69) is 0 Å². The van der Waals surface area contributed by atoms with Crippen LogP contribution in [-0.4, -0.2) is 11.4 Å². The maximum absolute atomic E-state index is 12.4. The second-order valence-corrected chi connectivity index (χ2v) is 2.35. The second kappa shape index (κ2) is 2.88. The predicted molar refractivity (Wildman–Crippen MR) is 38.5 cm³/mol. The molecule has 58 valence electrons. The molecule has 0 radical (unpaired) electrons. The molecule has 0 aliphatic carbocycles. The smallest absolute Gasteiger partial charge is 0.155 e. The molecule has 1 N–H and O–H groups in total. The van der Waals surface area contributed by atoms with Gasteiger partial charge in [-0.1, -0.05) is 11.6 Å². The van der Waals surface area contributed by atoms with E-state index in [1.54, 1.807) is 0 Å². The number of aromatic hydroxyl groups is 1. The van der Waals surface area contributed by atoms with Gasteiger partial charge in [0.15, 0.2) is 6.29 Å². The van der Waals surface area contributed by atoms with Gasteiger partial charge in [-0.15, -0.1) is 0 Å². The largest absolute Gasteiger partial charge is 0.507 e. The van der Waals surface area contributed by atoms with Crippen molar-refractivity contribution >= 4 is 17.9 Å². The van der Waals surface area contributed by atoms with Gasteiger partial charge in [-0.2, -0.15) is 0 Å². The maximum Gasteiger partial charge on any atom is 0.155 e. The van der Waals surface area contributed by atoms with Gasteiger partial charge >= 0.3 is 0 Å². The molecular formula is C7H4ClFO2. The highest BCUT2D eigenvalue weighted by molar-refractivity contribution is 6.33. The first-order valence-electron chi connectivity index (χ1n) is 2.78. The molecule has 0 heterocycles. The number of hydrogen-bond donors (Lipinski definition) is 1. The molecule has 11 heavy (non-hydrogen) atoms. The van der Waals surface area contributed by atoms with Gasteiger partial charge in [-0.25, -0.2) is 4.39 Å². The molecule has 0 fully saturated rings. The monoisotopic (exact) mass is 174 g/mol. The fourth-order valence-electron chi connectivity index (χ4n) is 0.688. The average molecular weight is 175 g/mol. The molecule has 0 aromatic heterocycles. The highest BCUT2D eigenvalue weighted by Crippen LogP contribution is 2.24. The average Bonchev–Trinajstić information content (AvgIpc) is 1.85. The standard InChI is InChI=1S/C7H4ClFO2/c8-6-1-4(9)2-7(11)5(6)3-10/h1-3,11H. The van der Waals surface area contributed by atoms with Crippen LogP contribution in [0.4, 0.5) is 4.39 Å². The summed E-state index contributed by atoms with van der Waals surface area (Å²) in [6.07, 6.45) is 0.372. The Balaban J connectivity index is 3.36. The van der Waals surface area contributed by atoms with Crippen LogP contribution in [0, 0.1) is 5.82 Å². The van der Waals surface area contributed by atoms with Crippen molar-refractivity contribution in [1.82, 2.24) is 0 Å². The van der Waals surface area contributed by atoms with E-state index < -0.39 is 11.6 Å². The number of benzene rings is 1. The third-order valence-corrected chi connectivity index (χ3v) is 1.50. The fraction of sp³-hybridized carbons (Fsp3) is 0. The first-order chi connectivity index (χ1) is 5.15. The fourth-order valence-corrected chi connectivity index (χ4v) is 0.933. The minimum Gasteiger partial charge on any atom is -0.507 e. The lowest BCUT2D eigenvalue weighted by Crippen LogP contribution is -1.85. The third-order valence-electron chi connectivity index (χ3n) is 1.19. The van der Waals surface area contributed by atoms with Gasteiger partial charge in [0.25, 0.3) is 0 Å². The van der Waals surface area contributed by atoms with E-state index in [1.165, 1.54) is 0 Å². The molecule has 0 amide bonds. The van der Waals surface area contributed by atoms with Gasteiger partial charge in [0.2, 0.25) is 0 Å². The lowest BCUT2D eigenvalue weighted by atomic mass is 10.2. The topological polar surface area (TPSA) is 37.3 Å². The van der Waals surface area contributed by atoms with Crippen LogP contribution in [0.3, 0.4) is 0 Å². The summed E-state index contributed by atoms with van der Waals surface area (Å²) < 4.78 is 12.4. The molecule has 4 heteroatoms. The highest BCUT2D eigenvalue weighted by atomic mass is 35.5. The molecular weight excluding hydrogens is 171 g/mol. The summed E-state index contributed by atoms with van der Waals surface area (Å²) in [4.78, 5) is 10.2. The Hall–Kier alpha value is -1.09. The van der Waals surface area contributed by atoms with Crippen LogP contribution in [-0.2, 0) is 0 Å². The molecule has 0 aliphatic rings. The Morgan fingerprint density at radius 2 is 2.18 bits per heavy atom. The molecule has 0 aliphatic heterocycles. The van der Waals surface area contributed by atoms with E-state index in [0.29, 0.717) is 6.29 Å². The Bertz CT molecular complexity index is 275. The minimum atomic E-state index is -0.668. The molecule has 1 aromatic carbocycles. The van der Waals surface area contributed by atoms with Crippen LogP contribution in [0.1, 0.15) is 10.4 Å².